The molecule has 0 atom stereocenters. The van der Waals surface area contributed by atoms with Gasteiger partial charge in [-0.1, -0.05) is 31.5 Å². The van der Waals surface area contributed by atoms with Gasteiger partial charge in [-0.25, -0.2) is 0 Å². The van der Waals surface area contributed by atoms with E-state index in [1.807, 2.05) is 4.68 Å². The van der Waals surface area contributed by atoms with Crippen LogP contribution in [0.5, 0.6) is 0 Å². The Kier molecular flexibility index (Phi) is 7.13. The third kappa shape index (κ3) is 5.35. The zero-order chi connectivity index (χ0) is 14.3. The number of ether oxygens (including phenoxy) is 1. The van der Waals surface area contributed by atoms with E-state index in [-0.39, 0.29) is 0 Å². The molecule has 1 heterocycles. The lowest BCUT2D eigenvalue weighted by Gasteiger charge is -2.09. The molecule has 0 amide bonds. The highest BCUT2D eigenvalue weighted by Crippen LogP contribution is 2.23. The fourth-order valence-corrected chi connectivity index (χ4v) is 2.15. The maximum atomic E-state index is 6.20. The summed E-state index contributed by atoms with van der Waals surface area (Å²) < 4.78 is 6.98. The van der Waals surface area contributed by atoms with E-state index in [1.165, 1.54) is 0 Å². The number of halogens is 1. The van der Waals surface area contributed by atoms with Crippen molar-refractivity contribution in [2.24, 2.45) is 0 Å². The van der Waals surface area contributed by atoms with Crippen LogP contribution in [-0.4, -0.2) is 36.1 Å². The fraction of sp³-hybridized carbons (Fsp3) is 0.643. The molecule has 108 valence electrons. The molecule has 19 heavy (non-hydrogen) atoms. The van der Waals surface area contributed by atoms with Crippen LogP contribution in [0.4, 0.5) is 0 Å². The molecule has 1 aromatic heterocycles. The lowest BCUT2D eigenvalue weighted by atomic mass is 10.1. The summed E-state index contributed by atoms with van der Waals surface area (Å²) in [6.07, 6.45) is 4.87. The third-order valence-electron chi connectivity index (χ3n) is 2.82. The van der Waals surface area contributed by atoms with Crippen LogP contribution < -0.4 is 5.32 Å². The lowest BCUT2D eigenvalue weighted by molar-refractivity contribution is 0.183. The molecule has 5 heteroatoms. The van der Waals surface area contributed by atoms with Crippen LogP contribution in [0.3, 0.4) is 0 Å². The second-order valence-electron chi connectivity index (χ2n) is 4.84. The van der Waals surface area contributed by atoms with Crippen molar-refractivity contribution >= 4 is 17.2 Å². The number of nitrogens with one attached hydrogen (secondary N) is 1. The molecule has 0 aliphatic rings. The van der Waals surface area contributed by atoms with Crippen LogP contribution in [0.2, 0.25) is 5.02 Å². The van der Waals surface area contributed by atoms with E-state index in [0.29, 0.717) is 24.2 Å². The highest BCUT2D eigenvalue weighted by atomic mass is 35.5. The van der Waals surface area contributed by atoms with Crippen molar-refractivity contribution in [3.63, 3.8) is 0 Å². The highest BCUT2D eigenvalue weighted by molar-refractivity contribution is 6.32. The number of nitrogens with zero attached hydrogens (tertiary/aromatic N) is 2. The predicted molar refractivity (Wildman–Crippen MR) is 80.5 cm³/mol. The largest absolute Gasteiger partial charge is 0.383 e. The van der Waals surface area contributed by atoms with Crippen LogP contribution in [0.25, 0.3) is 5.57 Å². The zero-order valence-electron chi connectivity index (χ0n) is 12.2. The number of allylic oxidation sites excluding steroid dienone is 1. The van der Waals surface area contributed by atoms with E-state index in [9.17, 15) is 0 Å². The van der Waals surface area contributed by atoms with Crippen molar-refractivity contribution in [2.75, 3.05) is 20.3 Å². The Morgan fingerprint density at radius 3 is 2.95 bits per heavy atom. The number of methoxy groups -OCH3 is 1. The molecule has 4 nitrogen and oxygen atoms in total. The maximum Gasteiger partial charge on any atom is 0.0862 e. The van der Waals surface area contributed by atoms with Gasteiger partial charge in [0.1, 0.15) is 0 Å². The molecule has 0 saturated carbocycles. The Bertz CT molecular complexity index is 413. The van der Waals surface area contributed by atoms with E-state index in [0.717, 1.165) is 24.2 Å². The first kappa shape index (κ1) is 16.2. The minimum absolute atomic E-state index is 0.518. The molecule has 0 bridgehead atoms. The smallest absolute Gasteiger partial charge is 0.0862 e. The topological polar surface area (TPSA) is 39.1 Å². The SMILES string of the molecule is COCCn1ncc(Cl)c1C(C)=CCCNC(C)C. The van der Waals surface area contributed by atoms with E-state index in [4.69, 9.17) is 16.3 Å². The van der Waals surface area contributed by atoms with Gasteiger partial charge < -0.3 is 10.1 Å². The zero-order valence-corrected chi connectivity index (χ0v) is 13.0. The molecule has 0 fully saturated rings. The average Bonchev–Trinajstić information content (AvgIpc) is 2.73. The number of rotatable bonds is 8. The summed E-state index contributed by atoms with van der Waals surface area (Å²) in [5.74, 6) is 0. The van der Waals surface area contributed by atoms with Crippen LogP contribution in [-0.2, 0) is 11.3 Å². The molecule has 1 N–H and O–H groups in total. The molecule has 1 aromatic rings. The first-order valence-electron chi connectivity index (χ1n) is 6.67. The molecule has 0 aliphatic carbocycles. The molecule has 0 unspecified atom stereocenters. The molecular formula is C14H24ClN3O. The Balaban J connectivity index is 2.66. The Morgan fingerprint density at radius 2 is 2.32 bits per heavy atom. The molecule has 0 spiro atoms. The summed E-state index contributed by atoms with van der Waals surface area (Å²) in [5.41, 5.74) is 2.15. The van der Waals surface area contributed by atoms with E-state index in [2.05, 4.69) is 37.3 Å². The number of hydrogen-bond donors (Lipinski definition) is 1. The van der Waals surface area contributed by atoms with Crippen LogP contribution in [0, 0.1) is 0 Å². The summed E-state index contributed by atoms with van der Waals surface area (Å²) in [7, 11) is 1.69. The van der Waals surface area contributed by atoms with Gasteiger partial charge in [0.05, 0.1) is 30.1 Å². The molecular weight excluding hydrogens is 262 g/mol. The molecule has 0 aromatic carbocycles. The summed E-state index contributed by atoms with van der Waals surface area (Å²) in [6.45, 7) is 8.68. The Labute approximate surface area is 120 Å². The van der Waals surface area contributed by atoms with Gasteiger partial charge >= 0.3 is 0 Å². The van der Waals surface area contributed by atoms with Crippen molar-refractivity contribution in [2.45, 2.75) is 39.8 Å². The molecule has 0 saturated heterocycles. The van der Waals surface area contributed by atoms with Crippen molar-refractivity contribution in [3.8, 4) is 0 Å². The number of aromatic nitrogens is 2. The Hall–Kier alpha value is -0.840. The van der Waals surface area contributed by atoms with Gasteiger partial charge in [-0.3, -0.25) is 4.68 Å². The summed E-state index contributed by atoms with van der Waals surface area (Å²) in [4.78, 5) is 0. The average molecular weight is 286 g/mol. The van der Waals surface area contributed by atoms with Gasteiger partial charge in [0.15, 0.2) is 0 Å². The maximum absolute atomic E-state index is 6.20. The van der Waals surface area contributed by atoms with E-state index < -0.39 is 0 Å². The Morgan fingerprint density at radius 1 is 1.58 bits per heavy atom. The highest BCUT2D eigenvalue weighted by Gasteiger charge is 2.10. The predicted octanol–water partition coefficient (Wildman–Crippen LogP) is 2.97. The van der Waals surface area contributed by atoms with Gasteiger partial charge in [0.25, 0.3) is 0 Å². The standard InChI is InChI=1S/C14H24ClN3O/c1-11(2)16-7-5-6-12(3)14-13(15)10-17-18(14)8-9-19-4/h6,10-11,16H,5,7-9H2,1-4H3. The first-order valence-corrected chi connectivity index (χ1v) is 7.04. The van der Waals surface area contributed by atoms with Gasteiger partial charge in [-0.2, -0.15) is 5.10 Å². The van der Waals surface area contributed by atoms with Crippen molar-refractivity contribution in [3.05, 3.63) is 23.0 Å². The second kappa shape index (κ2) is 8.35. The van der Waals surface area contributed by atoms with Gasteiger partial charge in [-0.15, -0.1) is 0 Å². The normalized spacial score (nSPS) is 12.4. The van der Waals surface area contributed by atoms with Crippen molar-refractivity contribution in [1.82, 2.24) is 15.1 Å². The van der Waals surface area contributed by atoms with Gasteiger partial charge in [-0.05, 0) is 25.5 Å². The quantitative estimate of drug-likeness (QED) is 0.747. The van der Waals surface area contributed by atoms with Gasteiger partial charge in [0.2, 0.25) is 0 Å². The summed E-state index contributed by atoms with van der Waals surface area (Å²) in [5, 5.41) is 8.36. The monoisotopic (exact) mass is 285 g/mol. The van der Waals surface area contributed by atoms with Gasteiger partial charge in [0, 0.05) is 13.2 Å². The third-order valence-corrected chi connectivity index (χ3v) is 3.10. The lowest BCUT2D eigenvalue weighted by Crippen LogP contribution is -2.23. The second-order valence-corrected chi connectivity index (χ2v) is 5.25. The molecule has 0 radical (unpaired) electrons. The molecule has 1 rings (SSSR count). The minimum Gasteiger partial charge on any atom is -0.383 e. The van der Waals surface area contributed by atoms with Crippen LogP contribution in [0.1, 0.15) is 32.9 Å². The summed E-state index contributed by atoms with van der Waals surface area (Å²) >= 11 is 6.20. The molecule has 0 aliphatic heterocycles. The minimum atomic E-state index is 0.518. The fourth-order valence-electron chi connectivity index (χ4n) is 1.86. The number of hydrogen-bond acceptors (Lipinski definition) is 3. The van der Waals surface area contributed by atoms with E-state index >= 15 is 0 Å². The van der Waals surface area contributed by atoms with Crippen molar-refractivity contribution in [1.29, 1.82) is 0 Å². The first-order chi connectivity index (χ1) is 9.06. The van der Waals surface area contributed by atoms with E-state index in [1.54, 1.807) is 13.3 Å². The van der Waals surface area contributed by atoms with Crippen LogP contribution in [0.15, 0.2) is 12.3 Å². The summed E-state index contributed by atoms with van der Waals surface area (Å²) in [6, 6.07) is 0.518. The van der Waals surface area contributed by atoms with Crippen LogP contribution >= 0.6 is 11.6 Å². The van der Waals surface area contributed by atoms with Crippen molar-refractivity contribution < 1.29 is 4.74 Å².